The summed E-state index contributed by atoms with van der Waals surface area (Å²) in [7, 11) is 0. The molecule has 2 aromatic rings. The van der Waals surface area contributed by atoms with Gasteiger partial charge in [-0.25, -0.2) is 19.2 Å². The summed E-state index contributed by atoms with van der Waals surface area (Å²) in [6, 6.07) is 11.0. The molecular weight excluding hydrogens is 372 g/mol. The molecule has 28 heavy (non-hydrogen) atoms. The van der Waals surface area contributed by atoms with E-state index in [1.807, 2.05) is 0 Å². The third-order valence-electron chi connectivity index (χ3n) is 2.94. The van der Waals surface area contributed by atoms with Crippen LogP contribution in [0, 0.1) is 0 Å². The van der Waals surface area contributed by atoms with Crippen molar-refractivity contribution in [2.24, 2.45) is 11.5 Å². The Morgan fingerprint density at radius 3 is 0.821 bits per heavy atom. The summed E-state index contributed by atoms with van der Waals surface area (Å²) in [6.07, 6.45) is 0. The van der Waals surface area contributed by atoms with Crippen LogP contribution in [0.4, 0.5) is 0 Å². The van der Waals surface area contributed by atoms with Gasteiger partial charge in [-0.15, -0.1) is 0 Å². The van der Waals surface area contributed by atoms with Gasteiger partial charge in [-0.05, 0) is 24.3 Å². The number of carboxylic acid groups (broad SMARTS) is 4. The Bertz CT molecular complexity index is 700. The van der Waals surface area contributed by atoms with E-state index in [0.717, 1.165) is 0 Å². The van der Waals surface area contributed by atoms with Gasteiger partial charge in [0.2, 0.25) is 0 Å². The molecule has 150 valence electrons. The van der Waals surface area contributed by atoms with Crippen molar-refractivity contribution in [2.45, 2.75) is 0 Å². The number of nitrogens with two attached hydrogens (primary N) is 2. The average Bonchev–Trinajstić information content (AvgIpc) is 2.68. The lowest BCUT2D eigenvalue weighted by Crippen LogP contribution is -2.11. The molecule has 0 radical (unpaired) electrons. The van der Waals surface area contributed by atoms with Gasteiger partial charge in [-0.3, -0.25) is 0 Å². The number of carboxylic acids is 4. The maximum Gasteiger partial charge on any atom is 0.336 e. The molecule has 2 aromatic carbocycles. The second kappa shape index (κ2) is 12.6. The van der Waals surface area contributed by atoms with Gasteiger partial charge in [0.25, 0.3) is 0 Å². The molecule has 0 aliphatic rings. The summed E-state index contributed by atoms with van der Waals surface area (Å²) in [5.41, 5.74) is 9.05. The van der Waals surface area contributed by atoms with Gasteiger partial charge in [-0.1, -0.05) is 24.3 Å². The summed E-state index contributed by atoms with van der Waals surface area (Å²) >= 11 is 0. The van der Waals surface area contributed by atoms with Crippen molar-refractivity contribution in [1.82, 2.24) is 0 Å². The van der Waals surface area contributed by atoms with Crippen molar-refractivity contribution in [3.63, 3.8) is 0 Å². The smallest absolute Gasteiger partial charge is 0.336 e. The standard InChI is InChI=1S/2C8H6O4.C2H8N2/c2*9-7(10)5-3-1-2-4-6(5)8(11)12;3-1-2-4/h2*1-4H,(H,9,10)(H,11,12);1-4H2. The zero-order valence-electron chi connectivity index (χ0n) is 14.6. The Morgan fingerprint density at radius 2 is 0.714 bits per heavy atom. The fourth-order valence-corrected chi connectivity index (χ4v) is 1.71. The zero-order valence-corrected chi connectivity index (χ0v) is 14.6. The van der Waals surface area contributed by atoms with E-state index in [2.05, 4.69) is 0 Å². The topological polar surface area (TPSA) is 201 Å². The van der Waals surface area contributed by atoms with Crippen LogP contribution in [0.1, 0.15) is 41.4 Å². The van der Waals surface area contributed by atoms with E-state index in [0.29, 0.717) is 13.1 Å². The molecule has 10 nitrogen and oxygen atoms in total. The molecule has 2 rings (SSSR count). The first-order valence-electron chi connectivity index (χ1n) is 7.68. The Hall–Kier alpha value is -3.76. The number of hydrogen-bond donors (Lipinski definition) is 6. The first-order valence-corrected chi connectivity index (χ1v) is 7.68. The molecule has 0 spiro atoms. The van der Waals surface area contributed by atoms with Crippen LogP contribution in [0.2, 0.25) is 0 Å². The average molecular weight is 392 g/mol. The van der Waals surface area contributed by atoms with Gasteiger partial charge < -0.3 is 31.9 Å². The van der Waals surface area contributed by atoms with Crippen molar-refractivity contribution in [1.29, 1.82) is 0 Å². The molecule has 0 heterocycles. The lowest BCUT2D eigenvalue weighted by Gasteiger charge is -1.98. The number of carbonyl (C=O) groups is 4. The largest absolute Gasteiger partial charge is 0.478 e. The zero-order chi connectivity index (χ0) is 21.7. The Morgan fingerprint density at radius 1 is 0.536 bits per heavy atom. The van der Waals surface area contributed by atoms with E-state index in [1.165, 1.54) is 48.5 Å². The van der Waals surface area contributed by atoms with Gasteiger partial charge in [0.15, 0.2) is 0 Å². The molecule has 0 unspecified atom stereocenters. The monoisotopic (exact) mass is 392 g/mol. The molecule has 0 fully saturated rings. The Balaban J connectivity index is 0.000000439. The van der Waals surface area contributed by atoms with Crippen LogP contribution >= 0.6 is 0 Å². The highest BCUT2D eigenvalue weighted by Gasteiger charge is 2.14. The fraction of sp³-hybridized carbons (Fsp3) is 0.111. The lowest BCUT2D eigenvalue weighted by atomic mass is 10.1. The minimum Gasteiger partial charge on any atom is -0.478 e. The Labute approximate surface area is 159 Å². The third-order valence-corrected chi connectivity index (χ3v) is 2.94. The van der Waals surface area contributed by atoms with E-state index < -0.39 is 23.9 Å². The molecule has 8 N–H and O–H groups in total. The summed E-state index contributed by atoms with van der Waals surface area (Å²) in [5, 5.41) is 34.2. The fourth-order valence-electron chi connectivity index (χ4n) is 1.71. The second-order valence-electron chi connectivity index (χ2n) is 4.89. The van der Waals surface area contributed by atoms with E-state index >= 15 is 0 Å². The lowest BCUT2D eigenvalue weighted by molar-refractivity contribution is 0.0651. The second-order valence-corrected chi connectivity index (χ2v) is 4.89. The predicted molar refractivity (Wildman–Crippen MR) is 98.8 cm³/mol. The number of aromatic carboxylic acids is 4. The molecule has 0 bridgehead atoms. The van der Waals surface area contributed by atoms with E-state index in [4.69, 9.17) is 31.9 Å². The Kier molecular flexibility index (Phi) is 10.9. The molecule has 0 saturated carbocycles. The van der Waals surface area contributed by atoms with Crippen LogP contribution in [0.5, 0.6) is 0 Å². The first kappa shape index (κ1) is 24.2. The maximum atomic E-state index is 10.5. The quantitative estimate of drug-likeness (QED) is 0.427. The van der Waals surface area contributed by atoms with Crippen molar-refractivity contribution in [3.8, 4) is 0 Å². The minimum atomic E-state index is -1.23. The van der Waals surface area contributed by atoms with Crippen LogP contribution in [0.15, 0.2) is 48.5 Å². The van der Waals surface area contributed by atoms with Crippen LogP contribution in [0.25, 0.3) is 0 Å². The highest BCUT2D eigenvalue weighted by Crippen LogP contribution is 2.08. The number of hydrogen-bond acceptors (Lipinski definition) is 6. The van der Waals surface area contributed by atoms with Crippen molar-refractivity contribution in [2.75, 3.05) is 13.1 Å². The van der Waals surface area contributed by atoms with E-state index in [1.54, 1.807) is 0 Å². The number of rotatable bonds is 5. The molecule has 0 aliphatic heterocycles. The summed E-state index contributed by atoms with van der Waals surface area (Å²) in [4.78, 5) is 41.9. The molecule has 10 heteroatoms. The van der Waals surface area contributed by atoms with E-state index in [9.17, 15) is 19.2 Å². The molecule has 0 atom stereocenters. The van der Waals surface area contributed by atoms with Crippen LogP contribution < -0.4 is 11.5 Å². The maximum absolute atomic E-state index is 10.5. The van der Waals surface area contributed by atoms with Crippen molar-refractivity contribution >= 4 is 23.9 Å². The highest BCUT2D eigenvalue weighted by molar-refractivity contribution is 6.02. The van der Waals surface area contributed by atoms with Crippen LogP contribution in [-0.4, -0.2) is 57.4 Å². The van der Waals surface area contributed by atoms with Gasteiger partial charge in [0.1, 0.15) is 0 Å². The van der Waals surface area contributed by atoms with Crippen molar-refractivity contribution < 1.29 is 39.6 Å². The molecular formula is C18H20N2O8. The number of benzene rings is 2. The summed E-state index contributed by atoms with van der Waals surface area (Å²) in [5.74, 6) is -4.91. The summed E-state index contributed by atoms with van der Waals surface area (Å²) in [6.45, 7) is 1.19. The van der Waals surface area contributed by atoms with Gasteiger partial charge in [0, 0.05) is 13.1 Å². The van der Waals surface area contributed by atoms with Gasteiger partial charge >= 0.3 is 23.9 Å². The normalized spacial score (nSPS) is 9.07. The SMILES string of the molecule is NCCN.O=C(O)c1ccccc1C(=O)O.O=C(O)c1ccccc1C(=O)O. The van der Waals surface area contributed by atoms with Crippen molar-refractivity contribution in [3.05, 3.63) is 70.8 Å². The van der Waals surface area contributed by atoms with Crippen LogP contribution in [0.3, 0.4) is 0 Å². The van der Waals surface area contributed by atoms with E-state index in [-0.39, 0.29) is 22.3 Å². The first-order chi connectivity index (χ1) is 13.2. The summed E-state index contributed by atoms with van der Waals surface area (Å²) < 4.78 is 0. The van der Waals surface area contributed by atoms with Gasteiger partial charge in [0.05, 0.1) is 22.3 Å². The highest BCUT2D eigenvalue weighted by atomic mass is 16.4. The molecule has 0 aliphatic carbocycles. The van der Waals surface area contributed by atoms with Gasteiger partial charge in [-0.2, -0.15) is 0 Å². The third kappa shape index (κ3) is 8.08. The molecule has 0 aromatic heterocycles. The molecule has 0 saturated heterocycles. The van der Waals surface area contributed by atoms with Crippen LogP contribution in [-0.2, 0) is 0 Å². The molecule has 0 amide bonds. The predicted octanol–water partition coefficient (Wildman–Crippen LogP) is 1.07. The minimum absolute atomic E-state index is 0.190.